The van der Waals surface area contributed by atoms with Crippen molar-refractivity contribution in [1.29, 1.82) is 0 Å². The summed E-state index contributed by atoms with van der Waals surface area (Å²) in [4.78, 5) is 0. The van der Waals surface area contributed by atoms with E-state index in [2.05, 4.69) is 71.4 Å². The van der Waals surface area contributed by atoms with Crippen molar-refractivity contribution in [1.82, 2.24) is 0 Å². The zero-order chi connectivity index (χ0) is 13.0. The van der Waals surface area contributed by atoms with Crippen LogP contribution in [0.25, 0.3) is 0 Å². The summed E-state index contributed by atoms with van der Waals surface area (Å²) in [6.07, 6.45) is 0.959. The van der Waals surface area contributed by atoms with Crippen LogP contribution in [0.3, 0.4) is 0 Å². The molecule has 1 nitrogen and oxygen atoms in total. The van der Waals surface area contributed by atoms with E-state index in [4.69, 9.17) is 5.73 Å². The molecule has 2 N–H and O–H groups in total. The number of nitrogens with two attached hydrogens (primary N) is 1. The number of hydrogen-bond acceptors (Lipinski definition) is 1. The molecule has 94 valence electrons. The molecule has 0 heterocycles. The van der Waals surface area contributed by atoms with Crippen LogP contribution in [-0.2, 0) is 0 Å². The maximum Gasteiger partial charge on any atom is 0.0178 e. The van der Waals surface area contributed by atoms with E-state index in [1.165, 1.54) is 11.1 Å². The lowest BCUT2D eigenvalue weighted by Crippen LogP contribution is -2.19. The van der Waals surface area contributed by atoms with Crippen LogP contribution < -0.4 is 5.73 Å². The number of rotatable bonds is 4. The smallest absolute Gasteiger partial charge is 0.0178 e. The minimum absolute atomic E-state index is 0.189. The third kappa shape index (κ3) is 3.44. The Hall–Kier alpha value is -1.12. The van der Waals surface area contributed by atoms with Crippen molar-refractivity contribution in [3.8, 4) is 0 Å². The van der Waals surface area contributed by atoms with E-state index < -0.39 is 0 Å². The van der Waals surface area contributed by atoms with Crippen LogP contribution >= 0.6 is 15.9 Å². The van der Waals surface area contributed by atoms with Gasteiger partial charge in [0.15, 0.2) is 0 Å². The van der Waals surface area contributed by atoms with E-state index in [1.807, 2.05) is 6.07 Å². The zero-order valence-corrected chi connectivity index (χ0v) is 12.1. The summed E-state index contributed by atoms with van der Waals surface area (Å²) in [5.74, 6) is 0.365. The molecule has 0 saturated carbocycles. The van der Waals surface area contributed by atoms with Gasteiger partial charge in [0.05, 0.1) is 0 Å². The average Bonchev–Trinajstić information content (AvgIpc) is 2.37. The van der Waals surface area contributed by atoms with Crippen LogP contribution in [0.1, 0.15) is 30.4 Å². The Labute approximate surface area is 117 Å². The van der Waals surface area contributed by atoms with Crippen molar-refractivity contribution in [3.05, 3.63) is 70.2 Å². The molecule has 1 unspecified atom stereocenters. The molecule has 0 aliphatic rings. The van der Waals surface area contributed by atoms with Crippen molar-refractivity contribution in [3.63, 3.8) is 0 Å². The Morgan fingerprint density at radius 3 is 2.28 bits per heavy atom. The molecule has 0 saturated heterocycles. The number of benzene rings is 2. The highest BCUT2D eigenvalue weighted by Gasteiger charge is 2.15. The van der Waals surface area contributed by atoms with E-state index >= 15 is 0 Å². The third-order valence-corrected chi connectivity index (χ3v) is 3.55. The topological polar surface area (TPSA) is 26.0 Å². The maximum absolute atomic E-state index is 5.99. The Balaban J connectivity index is 2.37. The molecule has 0 fully saturated rings. The minimum atomic E-state index is 0.189. The van der Waals surface area contributed by atoms with E-state index in [9.17, 15) is 0 Å². The lowest BCUT2D eigenvalue weighted by molar-refractivity contribution is 0.608. The molecule has 0 amide bonds. The van der Waals surface area contributed by atoms with Crippen LogP contribution in [0.4, 0.5) is 0 Å². The molecule has 18 heavy (non-hydrogen) atoms. The van der Waals surface area contributed by atoms with Gasteiger partial charge in [-0.25, -0.2) is 0 Å². The first-order valence-electron chi connectivity index (χ1n) is 6.23. The Morgan fingerprint density at radius 2 is 1.67 bits per heavy atom. The fraction of sp³-hybridized carbons (Fsp3) is 0.250. The van der Waals surface area contributed by atoms with Gasteiger partial charge < -0.3 is 5.73 Å². The SMILES string of the molecule is C[C@H](N)CC(c1ccccc1)c1cccc(Br)c1. The lowest BCUT2D eigenvalue weighted by atomic mass is 9.86. The summed E-state index contributed by atoms with van der Waals surface area (Å²) in [7, 11) is 0. The quantitative estimate of drug-likeness (QED) is 0.894. The van der Waals surface area contributed by atoms with Gasteiger partial charge in [-0.1, -0.05) is 58.4 Å². The molecule has 0 aliphatic heterocycles. The molecular formula is C16H18BrN. The first kappa shape index (κ1) is 13.3. The van der Waals surface area contributed by atoms with Gasteiger partial charge in [0, 0.05) is 16.4 Å². The molecule has 0 spiro atoms. The predicted octanol–water partition coefficient (Wildman–Crippen LogP) is 4.32. The molecule has 0 aliphatic carbocycles. The van der Waals surface area contributed by atoms with Gasteiger partial charge in [-0.3, -0.25) is 0 Å². The fourth-order valence-electron chi connectivity index (χ4n) is 2.25. The Kier molecular flexibility index (Phi) is 4.56. The van der Waals surface area contributed by atoms with E-state index in [0.717, 1.165) is 10.9 Å². The van der Waals surface area contributed by atoms with Gasteiger partial charge in [0.2, 0.25) is 0 Å². The van der Waals surface area contributed by atoms with Crippen LogP contribution in [0.2, 0.25) is 0 Å². The first-order chi connectivity index (χ1) is 8.66. The third-order valence-electron chi connectivity index (χ3n) is 3.06. The maximum atomic E-state index is 5.99. The Bertz CT molecular complexity index is 493. The molecule has 2 aromatic rings. The number of halogens is 1. The van der Waals surface area contributed by atoms with E-state index in [-0.39, 0.29) is 6.04 Å². The second kappa shape index (κ2) is 6.17. The normalized spacial score (nSPS) is 14.2. The lowest BCUT2D eigenvalue weighted by Gasteiger charge is -2.20. The molecule has 2 rings (SSSR count). The Morgan fingerprint density at radius 1 is 1.00 bits per heavy atom. The summed E-state index contributed by atoms with van der Waals surface area (Å²) in [6.45, 7) is 2.06. The van der Waals surface area contributed by atoms with Crippen molar-refractivity contribution in [2.24, 2.45) is 5.73 Å². The second-order valence-electron chi connectivity index (χ2n) is 4.73. The largest absolute Gasteiger partial charge is 0.328 e. The van der Waals surface area contributed by atoms with Gasteiger partial charge >= 0.3 is 0 Å². The summed E-state index contributed by atoms with van der Waals surface area (Å²) < 4.78 is 1.12. The fourth-order valence-corrected chi connectivity index (χ4v) is 2.66. The average molecular weight is 304 g/mol. The van der Waals surface area contributed by atoms with Crippen LogP contribution in [0.5, 0.6) is 0 Å². The van der Waals surface area contributed by atoms with E-state index in [0.29, 0.717) is 5.92 Å². The van der Waals surface area contributed by atoms with Crippen molar-refractivity contribution in [2.75, 3.05) is 0 Å². The van der Waals surface area contributed by atoms with Crippen molar-refractivity contribution < 1.29 is 0 Å². The molecule has 2 aromatic carbocycles. The second-order valence-corrected chi connectivity index (χ2v) is 5.65. The molecule has 0 radical (unpaired) electrons. The highest BCUT2D eigenvalue weighted by atomic mass is 79.9. The summed E-state index contributed by atoms with van der Waals surface area (Å²) in [5, 5.41) is 0. The monoisotopic (exact) mass is 303 g/mol. The van der Waals surface area contributed by atoms with Crippen LogP contribution in [0, 0.1) is 0 Å². The summed E-state index contributed by atoms with van der Waals surface area (Å²) in [6, 6.07) is 19.2. The van der Waals surface area contributed by atoms with Gasteiger partial charge in [0.25, 0.3) is 0 Å². The number of hydrogen-bond donors (Lipinski definition) is 1. The van der Waals surface area contributed by atoms with Crippen LogP contribution in [0.15, 0.2) is 59.1 Å². The van der Waals surface area contributed by atoms with Crippen molar-refractivity contribution >= 4 is 15.9 Å². The predicted molar refractivity (Wildman–Crippen MR) is 80.7 cm³/mol. The van der Waals surface area contributed by atoms with Gasteiger partial charge in [-0.05, 0) is 36.6 Å². The highest BCUT2D eigenvalue weighted by Crippen LogP contribution is 2.30. The first-order valence-corrected chi connectivity index (χ1v) is 7.02. The molecule has 0 bridgehead atoms. The van der Waals surface area contributed by atoms with Gasteiger partial charge in [-0.2, -0.15) is 0 Å². The zero-order valence-electron chi connectivity index (χ0n) is 10.5. The van der Waals surface area contributed by atoms with Gasteiger partial charge in [-0.15, -0.1) is 0 Å². The standard InChI is InChI=1S/C16H18BrN/c1-12(18)10-16(13-6-3-2-4-7-13)14-8-5-9-15(17)11-14/h2-9,11-12,16H,10,18H2,1H3/t12-,16?/m0/s1. The summed E-state index contributed by atoms with van der Waals surface area (Å²) in [5.41, 5.74) is 8.63. The molecular weight excluding hydrogens is 286 g/mol. The van der Waals surface area contributed by atoms with Crippen molar-refractivity contribution in [2.45, 2.75) is 25.3 Å². The summed E-state index contributed by atoms with van der Waals surface area (Å²) >= 11 is 3.54. The molecule has 0 aromatic heterocycles. The van der Waals surface area contributed by atoms with Gasteiger partial charge in [0.1, 0.15) is 0 Å². The van der Waals surface area contributed by atoms with E-state index in [1.54, 1.807) is 0 Å². The minimum Gasteiger partial charge on any atom is -0.328 e. The van der Waals surface area contributed by atoms with Crippen LogP contribution in [-0.4, -0.2) is 6.04 Å². The highest BCUT2D eigenvalue weighted by molar-refractivity contribution is 9.10. The molecule has 2 atom stereocenters. The molecule has 2 heteroatoms.